The number of benzene rings is 1. The molecule has 0 aromatic heterocycles. The molecule has 0 amide bonds. The highest BCUT2D eigenvalue weighted by atomic mass is 16.6. The first kappa shape index (κ1) is 30.1. The van der Waals surface area contributed by atoms with E-state index in [1.165, 1.54) is 12.1 Å². The molecule has 196 valence electrons. The summed E-state index contributed by atoms with van der Waals surface area (Å²) >= 11 is 0. The zero-order valence-electron chi connectivity index (χ0n) is 22.0. The number of esters is 4. The maximum Gasteiger partial charge on any atom is 0.323 e. The summed E-state index contributed by atoms with van der Waals surface area (Å²) in [5.74, 6) is -2.62. The van der Waals surface area contributed by atoms with E-state index in [9.17, 15) is 19.2 Å². The molecule has 9 nitrogen and oxygen atoms in total. The second kappa shape index (κ2) is 13.2. The van der Waals surface area contributed by atoms with E-state index >= 15 is 0 Å². The van der Waals surface area contributed by atoms with Crippen LogP contribution < -0.4 is 15.2 Å². The average molecular weight is 494 g/mol. The van der Waals surface area contributed by atoms with Gasteiger partial charge in [0.15, 0.2) is 11.5 Å². The summed E-state index contributed by atoms with van der Waals surface area (Å²) in [6.45, 7) is 14.0. The van der Waals surface area contributed by atoms with Gasteiger partial charge in [0.05, 0.1) is 18.3 Å². The van der Waals surface area contributed by atoms with Gasteiger partial charge in [-0.25, -0.2) is 0 Å². The number of hydrogen-bond acceptors (Lipinski definition) is 9. The topological polar surface area (TPSA) is 131 Å². The van der Waals surface area contributed by atoms with Gasteiger partial charge in [-0.05, 0) is 36.5 Å². The first-order valence-electron chi connectivity index (χ1n) is 11.8. The fourth-order valence-electron chi connectivity index (χ4n) is 2.65. The fourth-order valence-corrected chi connectivity index (χ4v) is 2.65. The maximum atomic E-state index is 12.4. The quantitative estimate of drug-likeness (QED) is 0.363. The van der Waals surface area contributed by atoms with Gasteiger partial charge in [0.1, 0.15) is 18.8 Å². The van der Waals surface area contributed by atoms with Crippen LogP contribution in [0.2, 0.25) is 0 Å². The number of nitrogens with two attached hydrogens (primary N) is 1. The Balaban J connectivity index is 2.82. The number of rotatable bonds is 11. The molecule has 0 spiro atoms. The number of hydrogen-bond donors (Lipinski definition) is 1. The van der Waals surface area contributed by atoms with Crippen LogP contribution in [0.15, 0.2) is 18.2 Å². The van der Waals surface area contributed by atoms with E-state index < -0.39 is 36.0 Å². The van der Waals surface area contributed by atoms with Crippen molar-refractivity contribution in [3.05, 3.63) is 23.8 Å². The molecule has 0 heterocycles. The molecule has 0 radical (unpaired) electrons. The summed E-state index contributed by atoms with van der Waals surface area (Å²) in [6.07, 6.45) is -0.336. The summed E-state index contributed by atoms with van der Waals surface area (Å²) in [7, 11) is 0. The van der Waals surface area contributed by atoms with Gasteiger partial charge in [-0.1, -0.05) is 54.5 Å². The van der Waals surface area contributed by atoms with Crippen molar-refractivity contribution in [2.24, 2.45) is 23.0 Å². The van der Waals surface area contributed by atoms with Crippen LogP contribution in [0, 0.1) is 17.3 Å². The highest BCUT2D eigenvalue weighted by Crippen LogP contribution is 2.30. The summed E-state index contributed by atoms with van der Waals surface area (Å²) in [5, 5.41) is 0. The van der Waals surface area contributed by atoms with Gasteiger partial charge in [-0.2, -0.15) is 0 Å². The Morgan fingerprint density at radius 3 is 1.91 bits per heavy atom. The van der Waals surface area contributed by atoms with E-state index in [1.807, 2.05) is 20.8 Å². The lowest BCUT2D eigenvalue weighted by Gasteiger charge is -2.20. The lowest BCUT2D eigenvalue weighted by atomic mass is 9.92. The molecule has 0 saturated carbocycles. The number of ether oxygens (including phenoxy) is 4. The van der Waals surface area contributed by atoms with Crippen molar-refractivity contribution in [1.29, 1.82) is 0 Å². The zero-order valence-corrected chi connectivity index (χ0v) is 22.0. The molecule has 2 atom stereocenters. The molecule has 0 unspecified atom stereocenters. The second-order valence-corrected chi connectivity index (χ2v) is 10.4. The minimum Gasteiger partial charge on any atom is -0.462 e. The Bertz CT molecular complexity index is 901. The van der Waals surface area contributed by atoms with Gasteiger partial charge in [0.2, 0.25) is 0 Å². The lowest BCUT2D eigenvalue weighted by molar-refractivity contribution is -0.159. The molecular weight excluding hydrogens is 454 g/mol. The number of carbonyl (C=O) groups excluding carboxylic acids is 4. The smallest absolute Gasteiger partial charge is 0.323 e. The van der Waals surface area contributed by atoms with Crippen LogP contribution in [0.3, 0.4) is 0 Å². The van der Waals surface area contributed by atoms with E-state index in [4.69, 9.17) is 24.7 Å². The molecule has 2 N–H and O–H groups in total. The van der Waals surface area contributed by atoms with Crippen LogP contribution in [0.25, 0.3) is 0 Å². The van der Waals surface area contributed by atoms with Gasteiger partial charge in [0.25, 0.3) is 0 Å². The number of carbonyl (C=O) groups is 4. The Kier molecular flexibility index (Phi) is 11.4. The third kappa shape index (κ3) is 11.4. The van der Waals surface area contributed by atoms with Crippen molar-refractivity contribution in [2.45, 2.75) is 80.4 Å². The van der Waals surface area contributed by atoms with Crippen molar-refractivity contribution in [3.8, 4) is 11.5 Å². The van der Waals surface area contributed by atoms with Gasteiger partial charge >= 0.3 is 23.9 Å². The third-order valence-corrected chi connectivity index (χ3v) is 4.60. The van der Waals surface area contributed by atoms with Gasteiger partial charge in [-0.15, -0.1) is 0 Å². The SMILES string of the molecule is CC(C)C(=O)Oc1ccc(C[C@H](N)C(=O)O[C@@H](C)COC(=O)CC(C)(C)C)cc1OC(=O)C(C)C. The zero-order chi connectivity index (χ0) is 26.9. The molecule has 0 aliphatic rings. The van der Waals surface area contributed by atoms with Gasteiger partial charge < -0.3 is 24.7 Å². The Hall–Kier alpha value is -2.94. The van der Waals surface area contributed by atoms with Crippen molar-refractivity contribution in [3.63, 3.8) is 0 Å². The third-order valence-electron chi connectivity index (χ3n) is 4.60. The van der Waals surface area contributed by atoms with Crippen molar-refractivity contribution in [1.82, 2.24) is 0 Å². The van der Waals surface area contributed by atoms with Crippen LogP contribution >= 0.6 is 0 Å². The van der Waals surface area contributed by atoms with E-state index in [2.05, 4.69) is 0 Å². The molecule has 1 aromatic rings. The molecular formula is C26H39NO8. The molecule has 9 heteroatoms. The Labute approximate surface area is 207 Å². The maximum absolute atomic E-state index is 12.4. The van der Waals surface area contributed by atoms with E-state index in [0.717, 1.165) is 0 Å². The molecule has 0 saturated heterocycles. The van der Waals surface area contributed by atoms with E-state index in [-0.39, 0.29) is 48.2 Å². The predicted octanol–water partition coefficient (Wildman–Crippen LogP) is 3.59. The standard InChI is InChI=1S/C26H39NO8/c1-15(2)23(29)34-20-10-9-18(12-21(20)35-24(30)16(3)4)11-19(27)25(31)33-17(5)14-32-22(28)13-26(6,7)8/h9-10,12,15-17,19H,11,13-14,27H2,1-8H3/t17-,19-/m0/s1. The molecule has 0 aliphatic heterocycles. The lowest BCUT2D eigenvalue weighted by Crippen LogP contribution is -2.37. The highest BCUT2D eigenvalue weighted by molar-refractivity contribution is 5.78. The molecule has 0 aliphatic carbocycles. The molecule has 35 heavy (non-hydrogen) atoms. The normalized spacial score (nSPS) is 13.2. The summed E-state index contributed by atoms with van der Waals surface area (Å²) < 4.78 is 21.2. The van der Waals surface area contributed by atoms with Gasteiger partial charge in [0, 0.05) is 0 Å². The first-order chi connectivity index (χ1) is 16.1. The molecule has 1 rings (SSSR count). The molecule has 0 fully saturated rings. The van der Waals surface area contributed by atoms with Crippen molar-refractivity contribution in [2.75, 3.05) is 6.61 Å². The Morgan fingerprint density at radius 2 is 1.40 bits per heavy atom. The monoisotopic (exact) mass is 493 g/mol. The fraction of sp³-hybridized carbons (Fsp3) is 0.615. The van der Waals surface area contributed by atoms with Gasteiger partial charge in [-0.3, -0.25) is 19.2 Å². The van der Waals surface area contributed by atoms with E-state index in [1.54, 1.807) is 40.7 Å². The summed E-state index contributed by atoms with van der Waals surface area (Å²) in [6, 6.07) is 3.61. The Morgan fingerprint density at radius 1 is 0.857 bits per heavy atom. The van der Waals surface area contributed by atoms with E-state index in [0.29, 0.717) is 5.56 Å². The van der Waals surface area contributed by atoms with Crippen molar-refractivity contribution >= 4 is 23.9 Å². The summed E-state index contributed by atoms with van der Waals surface area (Å²) in [4.78, 5) is 48.4. The van der Waals surface area contributed by atoms with Crippen LogP contribution in [0.1, 0.15) is 67.4 Å². The minimum absolute atomic E-state index is 0.0647. The first-order valence-corrected chi connectivity index (χ1v) is 11.8. The summed E-state index contributed by atoms with van der Waals surface area (Å²) in [5.41, 5.74) is 6.39. The van der Waals surface area contributed by atoms with Crippen LogP contribution in [-0.2, 0) is 35.1 Å². The van der Waals surface area contributed by atoms with Crippen LogP contribution in [0.5, 0.6) is 11.5 Å². The molecule has 0 bridgehead atoms. The molecule has 1 aromatic carbocycles. The minimum atomic E-state index is -1.01. The largest absolute Gasteiger partial charge is 0.462 e. The van der Waals surface area contributed by atoms with Crippen molar-refractivity contribution < 1.29 is 38.1 Å². The highest BCUT2D eigenvalue weighted by Gasteiger charge is 2.23. The second-order valence-electron chi connectivity index (χ2n) is 10.4. The van der Waals surface area contributed by atoms with Crippen LogP contribution in [0.4, 0.5) is 0 Å². The predicted molar refractivity (Wildman–Crippen MR) is 130 cm³/mol. The average Bonchev–Trinajstić information content (AvgIpc) is 2.72. The van der Waals surface area contributed by atoms with Crippen LogP contribution in [-0.4, -0.2) is 42.6 Å².